The van der Waals surface area contributed by atoms with Gasteiger partial charge in [-0.15, -0.1) is 0 Å². The fourth-order valence-electron chi connectivity index (χ4n) is 3.15. The lowest BCUT2D eigenvalue weighted by Crippen LogP contribution is -2.45. The predicted octanol–water partition coefficient (Wildman–Crippen LogP) is 3.35. The Hall–Kier alpha value is -2.80. The van der Waals surface area contributed by atoms with Gasteiger partial charge in [0.15, 0.2) is 0 Å². The van der Waals surface area contributed by atoms with Gasteiger partial charge in [-0.3, -0.25) is 4.79 Å². The van der Waals surface area contributed by atoms with Gasteiger partial charge < -0.3 is 15.2 Å². The summed E-state index contributed by atoms with van der Waals surface area (Å²) in [6.07, 6.45) is 0.616. The number of hydrogen-bond donors (Lipinski definition) is 2. The number of rotatable bonds is 4. The fraction of sp³-hybridized carbons (Fsp3) is 0.263. The van der Waals surface area contributed by atoms with Crippen molar-refractivity contribution in [2.75, 3.05) is 18.5 Å². The Kier molecular flexibility index (Phi) is 4.99. The Bertz CT molecular complexity index is 847. The first kappa shape index (κ1) is 18.0. The number of nitrogens with one attached hydrogen (secondary N) is 1. The molecule has 3 rings (SSSR count). The van der Waals surface area contributed by atoms with Crippen molar-refractivity contribution in [1.29, 1.82) is 0 Å². The van der Waals surface area contributed by atoms with Crippen molar-refractivity contribution in [3.63, 3.8) is 0 Å². The Morgan fingerprint density at radius 2 is 1.81 bits per heavy atom. The number of carbonyl (C=O) groups excluding carboxylic acids is 1. The molecule has 1 aliphatic heterocycles. The van der Waals surface area contributed by atoms with Gasteiger partial charge in [0.1, 0.15) is 11.6 Å². The molecule has 2 aromatic carbocycles. The largest absolute Gasteiger partial charge is 0.478 e. The molecule has 26 heavy (non-hydrogen) atoms. The van der Waals surface area contributed by atoms with E-state index in [2.05, 4.69) is 5.32 Å². The molecule has 1 saturated heterocycles. The van der Waals surface area contributed by atoms with E-state index in [4.69, 9.17) is 9.84 Å². The van der Waals surface area contributed by atoms with E-state index in [1.807, 2.05) is 0 Å². The number of aromatic carboxylic acids is 1. The Labute approximate surface area is 148 Å². The van der Waals surface area contributed by atoms with E-state index in [0.717, 1.165) is 18.2 Å². The van der Waals surface area contributed by atoms with E-state index >= 15 is 0 Å². The molecule has 2 N–H and O–H groups in total. The third-order valence-electron chi connectivity index (χ3n) is 4.62. The lowest BCUT2D eigenvalue weighted by molar-refractivity contribution is -0.125. The number of carboxylic acids is 1. The molecule has 0 atom stereocenters. The highest BCUT2D eigenvalue weighted by molar-refractivity contribution is 6.00. The average molecular weight is 361 g/mol. The summed E-state index contributed by atoms with van der Waals surface area (Å²) >= 11 is 0. The highest BCUT2D eigenvalue weighted by atomic mass is 19.1. The van der Waals surface area contributed by atoms with Gasteiger partial charge in [-0.2, -0.15) is 0 Å². The predicted molar refractivity (Wildman–Crippen MR) is 90.1 cm³/mol. The molecule has 0 saturated carbocycles. The van der Waals surface area contributed by atoms with Crippen LogP contribution in [0.3, 0.4) is 0 Å². The zero-order valence-electron chi connectivity index (χ0n) is 13.8. The third-order valence-corrected chi connectivity index (χ3v) is 4.62. The number of amides is 1. The molecular formula is C19H17F2NO4. The van der Waals surface area contributed by atoms with Crippen LogP contribution in [0.5, 0.6) is 0 Å². The van der Waals surface area contributed by atoms with E-state index in [0.29, 0.717) is 31.6 Å². The lowest BCUT2D eigenvalue weighted by atomic mass is 9.73. The van der Waals surface area contributed by atoms with Crippen molar-refractivity contribution in [3.8, 4) is 0 Å². The Balaban J connectivity index is 1.97. The van der Waals surface area contributed by atoms with Crippen molar-refractivity contribution in [2.24, 2.45) is 0 Å². The molecule has 0 aliphatic carbocycles. The summed E-state index contributed by atoms with van der Waals surface area (Å²) in [7, 11) is 0. The van der Waals surface area contributed by atoms with Crippen molar-refractivity contribution in [1.82, 2.24) is 0 Å². The van der Waals surface area contributed by atoms with Crippen molar-refractivity contribution in [3.05, 3.63) is 65.2 Å². The molecule has 1 aliphatic rings. The second-order valence-electron chi connectivity index (χ2n) is 6.16. The first-order valence-corrected chi connectivity index (χ1v) is 8.10. The summed E-state index contributed by atoms with van der Waals surface area (Å²) in [5, 5.41) is 11.5. The maximum atomic E-state index is 14.1. The monoisotopic (exact) mass is 361 g/mol. The summed E-state index contributed by atoms with van der Waals surface area (Å²) in [5.74, 6) is -2.97. The Morgan fingerprint density at radius 1 is 1.08 bits per heavy atom. The molecule has 0 spiro atoms. The van der Waals surface area contributed by atoms with Crippen molar-refractivity contribution in [2.45, 2.75) is 18.3 Å². The van der Waals surface area contributed by atoms with Crippen LogP contribution in [0, 0.1) is 11.6 Å². The van der Waals surface area contributed by atoms with Crippen LogP contribution in [0.4, 0.5) is 14.5 Å². The quantitative estimate of drug-likeness (QED) is 0.876. The normalized spacial score (nSPS) is 16.1. The van der Waals surface area contributed by atoms with Crippen LogP contribution in [-0.4, -0.2) is 30.2 Å². The van der Waals surface area contributed by atoms with Gasteiger partial charge in [-0.1, -0.05) is 12.1 Å². The van der Waals surface area contributed by atoms with Gasteiger partial charge >= 0.3 is 5.97 Å². The first-order chi connectivity index (χ1) is 12.4. The molecule has 1 fully saturated rings. The van der Waals surface area contributed by atoms with Crippen molar-refractivity contribution >= 4 is 17.6 Å². The van der Waals surface area contributed by atoms with E-state index in [-0.39, 0.29) is 11.3 Å². The minimum absolute atomic E-state index is 0.145. The van der Waals surface area contributed by atoms with E-state index in [1.54, 1.807) is 6.07 Å². The molecule has 0 radical (unpaired) electrons. The zero-order valence-corrected chi connectivity index (χ0v) is 13.8. The molecule has 0 unspecified atom stereocenters. The second kappa shape index (κ2) is 7.21. The van der Waals surface area contributed by atoms with E-state index in [9.17, 15) is 18.4 Å². The van der Waals surface area contributed by atoms with Gasteiger partial charge in [0.2, 0.25) is 5.91 Å². The van der Waals surface area contributed by atoms with Gasteiger partial charge in [0.25, 0.3) is 0 Å². The summed E-state index contributed by atoms with van der Waals surface area (Å²) in [4.78, 5) is 24.1. The standard InChI is InChI=1S/C19H17F2NO4/c20-14-3-1-2-13(11-14)19(6-8-26-9-7-19)18(25)22-16-10-12(17(23)24)4-5-15(16)21/h1-5,10-11H,6-9H2,(H,22,25)(H,23,24). The van der Waals surface area contributed by atoms with Crippen LogP contribution >= 0.6 is 0 Å². The van der Waals surface area contributed by atoms with Crippen LogP contribution in [0.1, 0.15) is 28.8 Å². The second-order valence-corrected chi connectivity index (χ2v) is 6.16. The van der Waals surface area contributed by atoms with E-state index in [1.165, 1.54) is 18.2 Å². The van der Waals surface area contributed by atoms with Gasteiger partial charge in [0.05, 0.1) is 16.7 Å². The highest BCUT2D eigenvalue weighted by Crippen LogP contribution is 2.36. The van der Waals surface area contributed by atoms with Crippen LogP contribution in [-0.2, 0) is 14.9 Å². The van der Waals surface area contributed by atoms with Crippen LogP contribution < -0.4 is 5.32 Å². The summed E-state index contributed by atoms with van der Waals surface area (Å²) in [6, 6.07) is 8.90. The smallest absolute Gasteiger partial charge is 0.335 e. The van der Waals surface area contributed by atoms with Crippen LogP contribution in [0.15, 0.2) is 42.5 Å². The highest BCUT2D eigenvalue weighted by Gasteiger charge is 2.42. The van der Waals surface area contributed by atoms with Crippen LogP contribution in [0.2, 0.25) is 0 Å². The number of benzene rings is 2. The summed E-state index contributed by atoms with van der Waals surface area (Å²) in [6.45, 7) is 0.614. The molecule has 1 heterocycles. The molecule has 0 bridgehead atoms. The minimum Gasteiger partial charge on any atom is -0.478 e. The van der Waals surface area contributed by atoms with Gasteiger partial charge in [-0.25, -0.2) is 13.6 Å². The fourth-order valence-corrected chi connectivity index (χ4v) is 3.15. The molecule has 1 amide bonds. The molecule has 5 nitrogen and oxygen atoms in total. The lowest BCUT2D eigenvalue weighted by Gasteiger charge is -2.36. The topological polar surface area (TPSA) is 75.6 Å². The molecular weight excluding hydrogens is 344 g/mol. The van der Waals surface area contributed by atoms with Gasteiger partial charge in [0, 0.05) is 13.2 Å². The minimum atomic E-state index is -1.23. The molecule has 0 aromatic heterocycles. The number of hydrogen-bond acceptors (Lipinski definition) is 3. The molecule has 7 heteroatoms. The number of carboxylic acid groups (broad SMARTS) is 1. The Morgan fingerprint density at radius 3 is 2.46 bits per heavy atom. The molecule has 2 aromatic rings. The maximum Gasteiger partial charge on any atom is 0.335 e. The zero-order chi connectivity index (χ0) is 18.7. The summed E-state index contributed by atoms with van der Waals surface area (Å²) < 4.78 is 33.1. The third kappa shape index (κ3) is 3.43. The van der Waals surface area contributed by atoms with Crippen molar-refractivity contribution < 1.29 is 28.2 Å². The number of ether oxygens (including phenoxy) is 1. The maximum absolute atomic E-state index is 14.1. The number of halogens is 2. The van der Waals surface area contributed by atoms with E-state index < -0.39 is 28.9 Å². The average Bonchev–Trinajstić information content (AvgIpc) is 2.63. The number of carbonyl (C=O) groups is 2. The van der Waals surface area contributed by atoms with Crippen LogP contribution in [0.25, 0.3) is 0 Å². The first-order valence-electron chi connectivity index (χ1n) is 8.10. The molecule has 136 valence electrons. The van der Waals surface area contributed by atoms with Gasteiger partial charge in [-0.05, 0) is 48.7 Å². The summed E-state index contributed by atoms with van der Waals surface area (Å²) in [5.41, 5.74) is -0.967. The number of anilines is 1. The SMILES string of the molecule is O=C(O)c1ccc(F)c(NC(=O)C2(c3cccc(F)c3)CCOCC2)c1.